The third-order valence-electron chi connectivity index (χ3n) is 7.30. The molecule has 4 rings (SSSR count). The van der Waals surface area contributed by atoms with E-state index in [4.69, 9.17) is 4.74 Å². The van der Waals surface area contributed by atoms with Crippen molar-refractivity contribution in [2.24, 2.45) is 0 Å². The zero-order chi connectivity index (χ0) is 30.8. The largest absolute Gasteiger partial charge is 0.439 e. The number of carbonyl (C=O) groups is 2. The van der Waals surface area contributed by atoms with Crippen LogP contribution in [0.4, 0.5) is 13.2 Å². The Bertz CT molecular complexity index is 1400. The van der Waals surface area contributed by atoms with Crippen LogP contribution < -0.4 is 10.1 Å². The molecule has 42 heavy (non-hydrogen) atoms. The van der Waals surface area contributed by atoms with Crippen molar-refractivity contribution in [2.45, 2.75) is 76.7 Å². The maximum atomic E-state index is 13.8. The van der Waals surface area contributed by atoms with Gasteiger partial charge in [0.05, 0.1) is 17.8 Å². The molecule has 2 aliphatic rings. The molecule has 0 radical (unpaired) electrons. The molecule has 226 valence electrons. The Morgan fingerprint density at radius 3 is 2.55 bits per heavy atom. The normalized spacial score (nSPS) is 19.8. The zero-order valence-electron chi connectivity index (χ0n) is 23.7. The molecule has 2 unspecified atom stereocenters. The Hall–Kier alpha value is -3.90. The minimum Gasteiger partial charge on any atom is -0.439 e. The maximum absolute atomic E-state index is 13.8. The summed E-state index contributed by atoms with van der Waals surface area (Å²) in [6.07, 6.45) is 3.67. The van der Waals surface area contributed by atoms with E-state index in [0.717, 1.165) is 25.8 Å². The average Bonchev–Trinajstić information content (AvgIpc) is 3.52. The molecular formula is C30H35F3N4O5. The van der Waals surface area contributed by atoms with Crippen LogP contribution in [0.25, 0.3) is 0 Å². The van der Waals surface area contributed by atoms with Gasteiger partial charge in [0.1, 0.15) is 18.0 Å². The van der Waals surface area contributed by atoms with Crippen LogP contribution in [-0.4, -0.2) is 55.3 Å². The third-order valence-corrected chi connectivity index (χ3v) is 7.30. The lowest BCUT2D eigenvalue weighted by Gasteiger charge is -2.31. The lowest BCUT2D eigenvalue weighted by Crippen LogP contribution is -2.43. The van der Waals surface area contributed by atoms with E-state index in [-0.39, 0.29) is 24.1 Å². The van der Waals surface area contributed by atoms with Crippen LogP contribution in [0.3, 0.4) is 0 Å². The van der Waals surface area contributed by atoms with Crippen LogP contribution in [0.1, 0.15) is 67.6 Å². The lowest BCUT2D eigenvalue weighted by atomic mass is 9.94. The van der Waals surface area contributed by atoms with E-state index in [1.807, 2.05) is 0 Å². The van der Waals surface area contributed by atoms with Gasteiger partial charge in [-0.3, -0.25) is 14.3 Å². The van der Waals surface area contributed by atoms with Gasteiger partial charge in [0.25, 0.3) is 0 Å². The van der Waals surface area contributed by atoms with Crippen molar-refractivity contribution in [3.05, 3.63) is 83.2 Å². The summed E-state index contributed by atoms with van der Waals surface area (Å²) in [5, 5.41) is 26.7. The molecule has 3 N–H and O–H groups in total. The van der Waals surface area contributed by atoms with E-state index in [1.54, 1.807) is 50.3 Å². The summed E-state index contributed by atoms with van der Waals surface area (Å²) in [6.45, 7) is 7.46. The summed E-state index contributed by atoms with van der Waals surface area (Å²) < 4.78 is 47.5. The summed E-state index contributed by atoms with van der Waals surface area (Å²) in [4.78, 5) is 28.1. The number of nitrogens with one attached hydrogen (secondary N) is 1. The highest BCUT2D eigenvalue weighted by Gasteiger charge is 2.42. The molecular weight excluding hydrogens is 553 g/mol. The topological polar surface area (TPSA) is 117 Å². The van der Waals surface area contributed by atoms with Crippen LogP contribution in [0.2, 0.25) is 0 Å². The predicted molar refractivity (Wildman–Crippen MR) is 148 cm³/mol. The van der Waals surface area contributed by atoms with E-state index < -0.39 is 42.4 Å². The minimum atomic E-state index is -4.69. The molecule has 1 aromatic heterocycles. The Balaban J connectivity index is 1.68. The van der Waals surface area contributed by atoms with Crippen LogP contribution in [0.15, 0.2) is 60.7 Å². The Morgan fingerprint density at radius 2 is 1.93 bits per heavy atom. The SMILES string of the molecule is C=C/C=C\C=C(/C)C(=O)NC1CCN(C(=O)Cn2nc(C3CC3)cc2C(F)(F)F)C1c1cccc(OC(C)(O)O)c1C. The number of carbonyl (C=O) groups excluding carboxylic acids is 2. The second-order valence-electron chi connectivity index (χ2n) is 10.8. The van der Waals surface area contributed by atoms with Gasteiger partial charge < -0.3 is 25.2 Å². The molecule has 2 aromatic rings. The summed E-state index contributed by atoms with van der Waals surface area (Å²) in [6, 6.07) is 4.47. The molecule has 1 saturated carbocycles. The lowest BCUT2D eigenvalue weighted by molar-refractivity contribution is -0.278. The maximum Gasteiger partial charge on any atom is 0.433 e. The van der Waals surface area contributed by atoms with Crippen LogP contribution in [0.5, 0.6) is 5.75 Å². The minimum absolute atomic E-state index is 0.0340. The van der Waals surface area contributed by atoms with Gasteiger partial charge in [-0.1, -0.05) is 43.0 Å². The fourth-order valence-electron chi connectivity index (χ4n) is 5.10. The first-order chi connectivity index (χ1) is 19.7. The van der Waals surface area contributed by atoms with Gasteiger partial charge >= 0.3 is 12.1 Å². The number of nitrogens with zero attached hydrogens (tertiary/aromatic N) is 3. The van der Waals surface area contributed by atoms with Crippen molar-refractivity contribution in [1.82, 2.24) is 20.0 Å². The second kappa shape index (κ2) is 12.1. The van der Waals surface area contributed by atoms with Gasteiger partial charge in [-0.05, 0) is 56.4 Å². The summed E-state index contributed by atoms with van der Waals surface area (Å²) in [5.74, 6) is -3.36. The highest BCUT2D eigenvalue weighted by atomic mass is 19.4. The number of rotatable bonds is 10. The van der Waals surface area contributed by atoms with Gasteiger partial charge in [0.2, 0.25) is 11.8 Å². The molecule has 1 aliphatic heterocycles. The van der Waals surface area contributed by atoms with E-state index >= 15 is 0 Å². The summed E-state index contributed by atoms with van der Waals surface area (Å²) in [5.41, 5.74) is 0.756. The van der Waals surface area contributed by atoms with Crippen LogP contribution >= 0.6 is 0 Å². The molecule has 2 fully saturated rings. The molecule has 2 atom stereocenters. The predicted octanol–water partition coefficient (Wildman–Crippen LogP) is 4.27. The van der Waals surface area contributed by atoms with Crippen molar-refractivity contribution in [3.63, 3.8) is 0 Å². The van der Waals surface area contributed by atoms with Crippen molar-refractivity contribution >= 4 is 11.8 Å². The fourth-order valence-corrected chi connectivity index (χ4v) is 5.10. The summed E-state index contributed by atoms with van der Waals surface area (Å²) in [7, 11) is 0. The first-order valence-electron chi connectivity index (χ1n) is 13.6. The number of hydrogen-bond donors (Lipinski definition) is 3. The molecule has 2 heterocycles. The van der Waals surface area contributed by atoms with Crippen molar-refractivity contribution in [1.29, 1.82) is 0 Å². The highest BCUT2D eigenvalue weighted by Crippen LogP contribution is 2.42. The van der Waals surface area contributed by atoms with Crippen LogP contribution in [-0.2, 0) is 22.3 Å². The third kappa shape index (κ3) is 7.29. The van der Waals surface area contributed by atoms with Gasteiger partial charge in [0, 0.05) is 25.0 Å². The molecule has 9 nitrogen and oxygen atoms in total. The number of likely N-dealkylation sites (tertiary alicyclic amines) is 1. The smallest absolute Gasteiger partial charge is 0.433 e. The second-order valence-corrected chi connectivity index (χ2v) is 10.8. The number of hydrogen-bond acceptors (Lipinski definition) is 6. The van der Waals surface area contributed by atoms with Crippen LogP contribution in [0, 0.1) is 6.92 Å². The molecule has 0 spiro atoms. The average molecular weight is 589 g/mol. The number of benzene rings is 1. The standard InChI is InChI=1S/C30H35F3N4O5/c1-5-6-7-9-18(2)28(39)34-22-14-15-36(27(22)21-10-8-11-24(19(21)3)42-29(4,40)41)26(38)17-37-25(30(31,32)33)16-23(35-37)20-12-13-20/h5-11,16,20,22,27,40-41H,1,12-15,17H2,2-4H3,(H,34,39)/b7-6-,18-9+. The quantitative estimate of drug-likeness (QED) is 0.217. The molecule has 1 saturated heterocycles. The fraction of sp³-hybridized carbons (Fsp3) is 0.433. The zero-order valence-corrected chi connectivity index (χ0v) is 23.7. The number of allylic oxidation sites excluding steroid dienone is 4. The molecule has 1 aromatic carbocycles. The monoisotopic (exact) mass is 588 g/mol. The first-order valence-corrected chi connectivity index (χ1v) is 13.6. The van der Waals surface area contributed by atoms with Gasteiger partial charge in [0.15, 0.2) is 0 Å². The number of ether oxygens (including phenoxy) is 1. The van der Waals surface area contributed by atoms with Crippen molar-refractivity contribution in [2.75, 3.05) is 6.54 Å². The van der Waals surface area contributed by atoms with Crippen molar-refractivity contribution in [3.8, 4) is 5.75 Å². The molecule has 12 heteroatoms. The Labute approximate surface area is 242 Å². The molecule has 0 bridgehead atoms. The van der Waals surface area contributed by atoms with E-state index in [2.05, 4.69) is 17.0 Å². The van der Waals surface area contributed by atoms with Gasteiger partial charge in [-0.25, -0.2) is 0 Å². The van der Waals surface area contributed by atoms with Crippen molar-refractivity contribution < 1.29 is 37.7 Å². The Morgan fingerprint density at radius 1 is 1.21 bits per heavy atom. The van der Waals surface area contributed by atoms with E-state index in [1.165, 1.54) is 11.0 Å². The summed E-state index contributed by atoms with van der Waals surface area (Å²) >= 11 is 0. The number of aromatic nitrogens is 2. The van der Waals surface area contributed by atoms with E-state index in [0.29, 0.717) is 33.5 Å². The highest BCUT2D eigenvalue weighted by molar-refractivity contribution is 5.93. The van der Waals surface area contributed by atoms with Gasteiger partial charge in [-0.2, -0.15) is 18.3 Å². The number of alkyl halides is 3. The molecule has 1 aliphatic carbocycles. The number of halogens is 3. The van der Waals surface area contributed by atoms with Gasteiger partial charge in [-0.15, -0.1) is 0 Å². The number of amides is 2. The Kier molecular flexibility index (Phi) is 8.98. The molecule has 2 amide bonds. The number of aliphatic hydroxyl groups is 2. The first kappa shape index (κ1) is 31.0. The van der Waals surface area contributed by atoms with E-state index in [9.17, 15) is 33.0 Å².